The summed E-state index contributed by atoms with van der Waals surface area (Å²) < 4.78 is 10.4. The summed E-state index contributed by atoms with van der Waals surface area (Å²) in [6.07, 6.45) is -1.62. The number of aliphatic carboxylic acids is 1. The third-order valence-electron chi connectivity index (χ3n) is 2.63. The molecule has 0 aliphatic carbocycles. The SMILES string of the molecule is O=C(NCc1ccc2c(c1)OCO2)NCC(O)C(=O)O. The highest BCUT2D eigenvalue weighted by molar-refractivity contribution is 5.76. The summed E-state index contributed by atoms with van der Waals surface area (Å²) in [5, 5.41) is 22.2. The first-order chi connectivity index (χ1) is 9.56. The van der Waals surface area contributed by atoms with Crippen LogP contribution in [0.25, 0.3) is 0 Å². The highest BCUT2D eigenvalue weighted by Gasteiger charge is 2.15. The molecule has 1 aliphatic heterocycles. The van der Waals surface area contributed by atoms with Crippen LogP contribution in [0.15, 0.2) is 18.2 Å². The number of nitrogens with one attached hydrogen (secondary N) is 2. The Kier molecular flexibility index (Phi) is 4.26. The molecule has 1 aromatic rings. The normalized spacial score (nSPS) is 13.7. The standard InChI is InChI=1S/C12H14N2O6/c15-8(11(16)17)5-14-12(18)13-4-7-1-2-9-10(3-7)20-6-19-9/h1-3,8,15H,4-6H2,(H,16,17)(H2,13,14,18). The zero-order valence-electron chi connectivity index (χ0n) is 10.5. The first-order valence-electron chi connectivity index (χ1n) is 5.87. The number of aliphatic hydroxyl groups excluding tert-OH is 1. The third-order valence-corrected chi connectivity index (χ3v) is 2.63. The lowest BCUT2D eigenvalue weighted by Gasteiger charge is -2.09. The predicted octanol–water partition coefficient (Wildman–Crippen LogP) is -0.340. The third kappa shape index (κ3) is 3.51. The Labute approximate surface area is 114 Å². The fourth-order valence-corrected chi connectivity index (χ4v) is 1.57. The molecule has 0 bridgehead atoms. The minimum Gasteiger partial charge on any atom is -0.479 e. The molecule has 0 spiro atoms. The molecule has 1 aliphatic rings. The van der Waals surface area contributed by atoms with Crippen LogP contribution in [0.2, 0.25) is 0 Å². The second-order valence-electron chi connectivity index (χ2n) is 4.11. The number of benzene rings is 1. The van der Waals surface area contributed by atoms with Gasteiger partial charge in [-0.05, 0) is 17.7 Å². The van der Waals surface area contributed by atoms with Crippen LogP contribution in [0, 0.1) is 0 Å². The maximum atomic E-state index is 11.4. The number of amides is 2. The molecule has 0 fully saturated rings. The molecule has 0 radical (unpaired) electrons. The van der Waals surface area contributed by atoms with Gasteiger partial charge < -0.3 is 30.3 Å². The number of carbonyl (C=O) groups is 2. The summed E-state index contributed by atoms with van der Waals surface area (Å²) in [6.45, 7) is 0.0632. The molecule has 108 valence electrons. The van der Waals surface area contributed by atoms with Crippen molar-refractivity contribution in [3.8, 4) is 11.5 Å². The lowest BCUT2D eigenvalue weighted by atomic mass is 10.2. The zero-order chi connectivity index (χ0) is 14.5. The Morgan fingerprint density at radius 1 is 1.25 bits per heavy atom. The van der Waals surface area contributed by atoms with Gasteiger partial charge in [0.2, 0.25) is 6.79 Å². The Morgan fingerprint density at radius 3 is 2.75 bits per heavy atom. The fourth-order valence-electron chi connectivity index (χ4n) is 1.57. The second kappa shape index (κ2) is 6.11. The molecule has 4 N–H and O–H groups in total. The molecule has 0 saturated heterocycles. The quantitative estimate of drug-likeness (QED) is 0.587. The van der Waals surface area contributed by atoms with Crippen LogP contribution in [0.3, 0.4) is 0 Å². The van der Waals surface area contributed by atoms with Gasteiger partial charge in [-0.15, -0.1) is 0 Å². The van der Waals surface area contributed by atoms with Crippen LogP contribution in [-0.4, -0.2) is 41.7 Å². The van der Waals surface area contributed by atoms with Gasteiger partial charge in [0.15, 0.2) is 17.6 Å². The van der Waals surface area contributed by atoms with Gasteiger partial charge in [0.1, 0.15) is 0 Å². The molecule has 2 amide bonds. The number of hydrogen-bond acceptors (Lipinski definition) is 5. The predicted molar refractivity (Wildman–Crippen MR) is 66.4 cm³/mol. The van der Waals surface area contributed by atoms with Crippen molar-refractivity contribution in [2.75, 3.05) is 13.3 Å². The number of carboxylic acid groups (broad SMARTS) is 1. The summed E-state index contributed by atoms with van der Waals surface area (Å²) in [6, 6.07) is 4.70. The van der Waals surface area contributed by atoms with Crippen molar-refractivity contribution in [3.63, 3.8) is 0 Å². The van der Waals surface area contributed by atoms with Gasteiger partial charge in [-0.25, -0.2) is 9.59 Å². The van der Waals surface area contributed by atoms with E-state index in [9.17, 15) is 9.59 Å². The maximum absolute atomic E-state index is 11.4. The number of ether oxygens (including phenoxy) is 2. The summed E-state index contributed by atoms with van der Waals surface area (Å²) in [5.74, 6) is -0.116. The minimum absolute atomic E-state index is 0.180. The number of carbonyl (C=O) groups excluding carboxylic acids is 1. The van der Waals surface area contributed by atoms with Crippen molar-refractivity contribution in [1.29, 1.82) is 0 Å². The van der Waals surface area contributed by atoms with Gasteiger partial charge in [-0.3, -0.25) is 0 Å². The molecule has 1 aromatic carbocycles. The molecule has 8 heteroatoms. The molecule has 8 nitrogen and oxygen atoms in total. The molecule has 20 heavy (non-hydrogen) atoms. The van der Waals surface area contributed by atoms with Crippen molar-refractivity contribution in [1.82, 2.24) is 10.6 Å². The Bertz CT molecular complexity index is 519. The molecule has 0 aromatic heterocycles. The summed E-state index contributed by atoms with van der Waals surface area (Å²) in [5.41, 5.74) is 0.809. The van der Waals surface area contributed by atoms with E-state index in [-0.39, 0.29) is 19.9 Å². The van der Waals surface area contributed by atoms with Crippen molar-refractivity contribution in [2.45, 2.75) is 12.6 Å². The Morgan fingerprint density at radius 2 is 2.00 bits per heavy atom. The van der Waals surface area contributed by atoms with Gasteiger partial charge in [0, 0.05) is 6.54 Å². The van der Waals surface area contributed by atoms with Crippen LogP contribution in [0.1, 0.15) is 5.56 Å². The van der Waals surface area contributed by atoms with Gasteiger partial charge in [-0.1, -0.05) is 6.07 Å². The van der Waals surface area contributed by atoms with E-state index in [1.165, 1.54) is 0 Å². The topological polar surface area (TPSA) is 117 Å². The van der Waals surface area contributed by atoms with Crippen molar-refractivity contribution in [3.05, 3.63) is 23.8 Å². The molecule has 0 saturated carbocycles. The van der Waals surface area contributed by atoms with Gasteiger partial charge in [0.25, 0.3) is 0 Å². The largest absolute Gasteiger partial charge is 0.479 e. The number of hydrogen-bond donors (Lipinski definition) is 4. The Balaban J connectivity index is 1.77. The first-order valence-corrected chi connectivity index (χ1v) is 5.87. The van der Waals surface area contributed by atoms with Crippen LogP contribution in [0.4, 0.5) is 4.79 Å². The molecular weight excluding hydrogens is 268 g/mol. The highest BCUT2D eigenvalue weighted by Crippen LogP contribution is 2.32. The minimum atomic E-state index is -1.62. The lowest BCUT2D eigenvalue weighted by molar-refractivity contribution is -0.146. The number of aliphatic hydroxyl groups is 1. The summed E-state index contributed by atoms with van der Waals surface area (Å²) in [4.78, 5) is 21.7. The molecule has 2 rings (SSSR count). The molecule has 1 unspecified atom stereocenters. The highest BCUT2D eigenvalue weighted by atomic mass is 16.7. The number of urea groups is 1. The maximum Gasteiger partial charge on any atom is 0.334 e. The van der Waals surface area contributed by atoms with E-state index in [0.29, 0.717) is 11.5 Å². The summed E-state index contributed by atoms with van der Waals surface area (Å²) in [7, 11) is 0. The summed E-state index contributed by atoms with van der Waals surface area (Å²) >= 11 is 0. The van der Waals surface area contributed by atoms with Crippen LogP contribution in [0.5, 0.6) is 11.5 Å². The molecular formula is C12H14N2O6. The van der Waals surface area contributed by atoms with Crippen LogP contribution < -0.4 is 20.1 Å². The number of carboxylic acids is 1. The fraction of sp³-hybridized carbons (Fsp3) is 0.333. The number of fused-ring (bicyclic) bond motifs is 1. The van der Waals surface area contributed by atoms with Crippen molar-refractivity contribution < 1.29 is 29.3 Å². The van der Waals surface area contributed by atoms with E-state index in [1.54, 1.807) is 18.2 Å². The van der Waals surface area contributed by atoms with E-state index in [2.05, 4.69) is 10.6 Å². The average Bonchev–Trinajstić information content (AvgIpc) is 2.89. The van der Waals surface area contributed by atoms with Crippen molar-refractivity contribution >= 4 is 12.0 Å². The first kappa shape index (κ1) is 13.9. The van der Waals surface area contributed by atoms with Crippen LogP contribution >= 0.6 is 0 Å². The van der Waals surface area contributed by atoms with Crippen LogP contribution in [-0.2, 0) is 11.3 Å². The average molecular weight is 282 g/mol. The van der Waals surface area contributed by atoms with E-state index >= 15 is 0 Å². The van der Waals surface area contributed by atoms with Crippen molar-refractivity contribution in [2.24, 2.45) is 0 Å². The zero-order valence-corrected chi connectivity index (χ0v) is 10.5. The lowest BCUT2D eigenvalue weighted by Crippen LogP contribution is -2.41. The monoisotopic (exact) mass is 282 g/mol. The van der Waals surface area contributed by atoms with E-state index in [0.717, 1.165) is 5.56 Å². The van der Waals surface area contributed by atoms with Gasteiger partial charge >= 0.3 is 12.0 Å². The number of rotatable bonds is 5. The molecule has 1 heterocycles. The smallest absolute Gasteiger partial charge is 0.334 e. The second-order valence-corrected chi connectivity index (χ2v) is 4.11. The van der Waals surface area contributed by atoms with E-state index in [4.69, 9.17) is 19.7 Å². The van der Waals surface area contributed by atoms with Gasteiger partial charge in [-0.2, -0.15) is 0 Å². The van der Waals surface area contributed by atoms with Gasteiger partial charge in [0.05, 0.1) is 6.54 Å². The van der Waals surface area contributed by atoms with E-state index < -0.39 is 18.1 Å². The van der Waals surface area contributed by atoms with E-state index in [1.807, 2.05) is 0 Å². The molecule has 1 atom stereocenters. The Hall–Kier alpha value is -2.48.